The summed E-state index contributed by atoms with van der Waals surface area (Å²) in [6, 6.07) is 4.70. The zero-order valence-corrected chi connectivity index (χ0v) is 7.13. The minimum Gasteiger partial charge on any atom is -0.496 e. The van der Waals surface area contributed by atoms with Gasteiger partial charge in [0.15, 0.2) is 0 Å². The van der Waals surface area contributed by atoms with Crippen molar-refractivity contribution in [2.75, 3.05) is 14.2 Å². The minimum atomic E-state index is -0.295. The van der Waals surface area contributed by atoms with Crippen molar-refractivity contribution in [2.45, 2.75) is 6.61 Å². The van der Waals surface area contributed by atoms with E-state index in [0.717, 1.165) is 0 Å². The van der Waals surface area contributed by atoms with E-state index < -0.39 is 0 Å². The van der Waals surface area contributed by atoms with Gasteiger partial charge in [-0.3, -0.25) is 0 Å². The summed E-state index contributed by atoms with van der Waals surface area (Å²) in [7, 11) is 3.03. The number of methoxy groups -OCH3 is 2. The minimum absolute atomic E-state index is 0.232. The molecule has 0 radical (unpaired) electrons. The maximum Gasteiger partial charge on any atom is 0.132 e. The number of hydrogen-bond donors (Lipinski definition) is 0. The van der Waals surface area contributed by atoms with Gasteiger partial charge in [-0.15, -0.1) is 0 Å². The van der Waals surface area contributed by atoms with E-state index in [-0.39, 0.29) is 12.4 Å². The zero-order valence-electron chi connectivity index (χ0n) is 7.13. The molecule has 1 rings (SSSR count). The van der Waals surface area contributed by atoms with E-state index in [0.29, 0.717) is 11.3 Å². The molecule has 0 fully saturated rings. The topological polar surface area (TPSA) is 18.5 Å². The van der Waals surface area contributed by atoms with Gasteiger partial charge in [-0.25, -0.2) is 4.39 Å². The Morgan fingerprint density at radius 2 is 2.08 bits per heavy atom. The van der Waals surface area contributed by atoms with E-state index >= 15 is 0 Å². The van der Waals surface area contributed by atoms with Gasteiger partial charge in [-0.2, -0.15) is 0 Å². The summed E-state index contributed by atoms with van der Waals surface area (Å²) in [5, 5.41) is 0. The molecule has 66 valence electrons. The Bertz CT molecular complexity index is 261. The lowest BCUT2D eigenvalue weighted by molar-refractivity contribution is 0.178. The molecule has 0 atom stereocenters. The van der Waals surface area contributed by atoms with Gasteiger partial charge >= 0.3 is 0 Å². The first-order chi connectivity index (χ1) is 5.79. The number of rotatable bonds is 3. The summed E-state index contributed by atoms with van der Waals surface area (Å²) in [5.41, 5.74) is 0.461. The lowest BCUT2D eigenvalue weighted by atomic mass is 10.2. The second-order valence-corrected chi connectivity index (χ2v) is 2.35. The van der Waals surface area contributed by atoms with Gasteiger partial charge in [0, 0.05) is 7.11 Å². The molecule has 2 nitrogen and oxygen atoms in total. The average molecular weight is 170 g/mol. The number of ether oxygens (including phenoxy) is 2. The van der Waals surface area contributed by atoms with Crippen LogP contribution in [-0.4, -0.2) is 14.2 Å². The van der Waals surface area contributed by atoms with Crippen LogP contribution in [0.3, 0.4) is 0 Å². The summed E-state index contributed by atoms with van der Waals surface area (Å²) in [4.78, 5) is 0. The SMILES string of the molecule is COCc1c(F)cccc1OC. The Hall–Kier alpha value is -1.09. The molecule has 0 saturated heterocycles. The second-order valence-electron chi connectivity index (χ2n) is 2.35. The van der Waals surface area contributed by atoms with E-state index in [1.807, 2.05) is 0 Å². The van der Waals surface area contributed by atoms with Crippen LogP contribution in [0, 0.1) is 5.82 Å². The number of hydrogen-bond acceptors (Lipinski definition) is 2. The lowest BCUT2D eigenvalue weighted by Gasteiger charge is -2.07. The van der Waals surface area contributed by atoms with Crippen LogP contribution in [0.25, 0.3) is 0 Å². The lowest BCUT2D eigenvalue weighted by Crippen LogP contribution is -1.97. The molecule has 1 aromatic carbocycles. The van der Waals surface area contributed by atoms with Crippen LogP contribution in [-0.2, 0) is 11.3 Å². The molecule has 0 aliphatic heterocycles. The van der Waals surface area contributed by atoms with Gasteiger partial charge in [0.05, 0.1) is 19.3 Å². The highest BCUT2D eigenvalue weighted by molar-refractivity contribution is 5.33. The van der Waals surface area contributed by atoms with Crippen LogP contribution in [0.1, 0.15) is 5.56 Å². The summed E-state index contributed by atoms with van der Waals surface area (Å²) in [6.07, 6.45) is 0. The van der Waals surface area contributed by atoms with Crippen LogP contribution in [0.5, 0.6) is 5.75 Å². The maximum absolute atomic E-state index is 13.1. The van der Waals surface area contributed by atoms with Gasteiger partial charge in [-0.1, -0.05) is 6.07 Å². The van der Waals surface area contributed by atoms with Crippen molar-refractivity contribution in [3.63, 3.8) is 0 Å². The van der Waals surface area contributed by atoms with E-state index in [1.165, 1.54) is 20.3 Å². The van der Waals surface area contributed by atoms with Crippen molar-refractivity contribution >= 4 is 0 Å². The standard InChI is InChI=1S/C9H11FO2/c1-11-6-7-8(10)4-3-5-9(7)12-2/h3-5H,6H2,1-2H3. The normalized spacial score (nSPS) is 9.92. The third-order valence-electron chi connectivity index (χ3n) is 1.58. The van der Waals surface area contributed by atoms with Crippen molar-refractivity contribution < 1.29 is 13.9 Å². The Morgan fingerprint density at radius 3 is 2.67 bits per heavy atom. The average Bonchev–Trinajstić information content (AvgIpc) is 2.09. The molecule has 0 amide bonds. The van der Waals surface area contributed by atoms with Crippen molar-refractivity contribution in [1.29, 1.82) is 0 Å². The van der Waals surface area contributed by atoms with Crippen molar-refractivity contribution in [3.8, 4) is 5.75 Å². The molecule has 0 unspecified atom stereocenters. The van der Waals surface area contributed by atoms with Crippen LogP contribution < -0.4 is 4.74 Å². The van der Waals surface area contributed by atoms with E-state index in [1.54, 1.807) is 12.1 Å². The number of halogens is 1. The number of benzene rings is 1. The molecule has 12 heavy (non-hydrogen) atoms. The van der Waals surface area contributed by atoms with E-state index in [9.17, 15) is 4.39 Å². The molecule has 1 aromatic rings. The van der Waals surface area contributed by atoms with Gasteiger partial charge in [0.2, 0.25) is 0 Å². The molecule has 0 heterocycles. The van der Waals surface area contributed by atoms with Crippen molar-refractivity contribution in [3.05, 3.63) is 29.6 Å². The Labute approximate surface area is 70.9 Å². The third kappa shape index (κ3) is 1.74. The largest absolute Gasteiger partial charge is 0.496 e. The van der Waals surface area contributed by atoms with E-state index in [4.69, 9.17) is 9.47 Å². The fourth-order valence-electron chi connectivity index (χ4n) is 1.01. The Kier molecular flexibility index (Phi) is 3.05. The fraction of sp³-hybridized carbons (Fsp3) is 0.333. The molecular weight excluding hydrogens is 159 g/mol. The van der Waals surface area contributed by atoms with Gasteiger partial charge in [0.1, 0.15) is 11.6 Å². The van der Waals surface area contributed by atoms with Crippen LogP contribution in [0.4, 0.5) is 4.39 Å². The van der Waals surface area contributed by atoms with Gasteiger partial charge < -0.3 is 9.47 Å². The van der Waals surface area contributed by atoms with Crippen molar-refractivity contribution in [2.24, 2.45) is 0 Å². The first-order valence-corrected chi connectivity index (χ1v) is 3.60. The molecule has 0 aliphatic rings. The van der Waals surface area contributed by atoms with Crippen LogP contribution in [0.2, 0.25) is 0 Å². The smallest absolute Gasteiger partial charge is 0.132 e. The fourth-order valence-corrected chi connectivity index (χ4v) is 1.01. The van der Waals surface area contributed by atoms with Gasteiger partial charge in [-0.05, 0) is 12.1 Å². The van der Waals surface area contributed by atoms with Crippen molar-refractivity contribution in [1.82, 2.24) is 0 Å². The molecule has 0 aromatic heterocycles. The summed E-state index contributed by atoms with van der Waals surface area (Å²) in [6.45, 7) is 0.232. The Morgan fingerprint density at radius 1 is 1.33 bits per heavy atom. The molecule has 3 heteroatoms. The molecule has 0 spiro atoms. The van der Waals surface area contributed by atoms with Crippen LogP contribution in [0.15, 0.2) is 18.2 Å². The predicted molar refractivity (Wildman–Crippen MR) is 43.7 cm³/mol. The predicted octanol–water partition coefficient (Wildman–Crippen LogP) is 1.98. The third-order valence-corrected chi connectivity index (χ3v) is 1.58. The van der Waals surface area contributed by atoms with E-state index in [2.05, 4.69) is 0 Å². The monoisotopic (exact) mass is 170 g/mol. The second kappa shape index (κ2) is 4.07. The molecule has 0 N–H and O–H groups in total. The molecule has 0 aliphatic carbocycles. The molecular formula is C9H11FO2. The summed E-state index contributed by atoms with van der Waals surface area (Å²) >= 11 is 0. The highest BCUT2D eigenvalue weighted by atomic mass is 19.1. The quantitative estimate of drug-likeness (QED) is 0.690. The van der Waals surface area contributed by atoms with Gasteiger partial charge in [0.25, 0.3) is 0 Å². The summed E-state index contributed by atoms with van der Waals surface area (Å²) < 4.78 is 22.9. The first-order valence-electron chi connectivity index (χ1n) is 3.60. The molecule has 0 saturated carbocycles. The Balaban J connectivity index is 3.02. The zero-order chi connectivity index (χ0) is 8.97. The highest BCUT2D eigenvalue weighted by Crippen LogP contribution is 2.21. The first kappa shape index (κ1) is 9.00. The summed E-state index contributed by atoms with van der Waals surface area (Å²) in [5.74, 6) is 0.230. The molecule has 0 bridgehead atoms. The maximum atomic E-state index is 13.1. The highest BCUT2D eigenvalue weighted by Gasteiger charge is 2.07. The van der Waals surface area contributed by atoms with Crippen LogP contribution >= 0.6 is 0 Å².